The fraction of sp³-hybridized carbons (Fsp3) is 0.414. The SMILES string of the molecule is CC(C)CNC(=O)Nc1ccc(-c2nc(N3CCOC[C@@H]3C)cc(C3(S(=O)c4ccc(Cl)cc4)CC3)n2)cc1. The van der Waals surface area contributed by atoms with Gasteiger partial charge in [0.05, 0.1) is 40.5 Å². The molecule has 3 aromatic rings. The van der Waals surface area contributed by atoms with Crippen LogP contribution in [0.1, 0.15) is 39.3 Å². The summed E-state index contributed by atoms with van der Waals surface area (Å²) in [4.78, 5) is 25.1. The van der Waals surface area contributed by atoms with Crippen molar-refractivity contribution in [3.05, 3.63) is 65.3 Å². The van der Waals surface area contributed by atoms with Crippen molar-refractivity contribution in [2.75, 3.05) is 36.5 Å². The maximum atomic E-state index is 13.8. The lowest BCUT2D eigenvalue weighted by atomic mass is 10.1. The van der Waals surface area contributed by atoms with E-state index in [1.54, 1.807) is 12.1 Å². The van der Waals surface area contributed by atoms with E-state index < -0.39 is 15.5 Å². The highest BCUT2D eigenvalue weighted by atomic mass is 35.5. The van der Waals surface area contributed by atoms with Crippen molar-refractivity contribution in [2.24, 2.45) is 5.92 Å². The van der Waals surface area contributed by atoms with Crippen molar-refractivity contribution >= 4 is 39.9 Å². The van der Waals surface area contributed by atoms with Crippen LogP contribution in [0.15, 0.2) is 59.5 Å². The number of ether oxygens (including phenoxy) is 1. The predicted octanol–water partition coefficient (Wildman–Crippen LogP) is 5.60. The van der Waals surface area contributed by atoms with Crippen LogP contribution in [0.3, 0.4) is 0 Å². The van der Waals surface area contributed by atoms with E-state index in [9.17, 15) is 9.00 Å². The Morgan fingerprint density at radius 2 is 1.87 bits per heavy atom. The number of benzene rings is 2. The van der Waals surface area contributed by atoms with Crippen LogP contribution in [0.5, 0.6) is 0 Å². The molecule has 5 rings (SSSR count). The molecule has 1 unspecified atom stereocenters. The van der Waals surface area contributed by atoms with Crippen LogP contribution in [0, 0.1) is 5.92 Å². The molecule has 0 bridgehead atoms. The second kappa shape index (κ2) is 11.6. The van der Waals surface area contributed by atoms with Gasteiger partial charge in [-0.2, -0.15) is 0 Å². The molecule has 2 heterocycles. The number of hydrogen-bond donors (Lipinski definition) is 2. The second-order valence-corrected chi connectivity index (χ2v) is 12.8. The van der Waals surface area contributed by atoms with Gasteiger partial charge in [0.1, 0.15) is 5.82 Å². The lowest BCUT2D eigenvalue weighted by Crippen LogP contribution is -2.44. The molecule has 10 heteroatoms. The van der Waals surface area contributed by atoms with Crippen LogP contribution in [-0.4, -0.2) is 52.6 Å². The highest BCUT2D eigenvalue weighted by molar-refractivity contribution is 7.86. The quantitative estimate of drug-likeness (QED) is 0.368. The number of carbonyl (C=O) groups is 1. The summed E-state index contributed by atoms with van der Waals surface area (Å²) < 4.78 is 18.9. The Morgan fingerprint density at radius 3 is 2.51 bits per heavy atom. The fourth-order valence-corrected chi connectivity index (χ4v) is 6.35. The molecular formula is C29H34ClN5O3S. The third kappa shape index (κ3) is 6.26. The van der Waals surface area contributed by atoms with Crippen LogP contribution < -0.4 is 15.5 Å². The highest BCUT2D eigenvalue weighted by Crippen LogP contribution is 2.53. The first kappa shape index (κ1) is 27.6. The zero-order valence-corrected chi connectivity index (χ0v) is 24.0. The maximum absolute atomic E-state index is 13.8. The van der Waals surface area contributed by atoms with Gasteiger partial charge in [-0.1, -0.05) is 25.4 Å². The van der Waals surface area contributed by atoms with Gasteiger partial charge in [-0.25, -0.2) is 14.8 Å². The predicted molar refractivity (Wildman–Crippen MR) is 156 cm³/mol. The first-order valence-corrected chi connectivity index (χ1v) is 14.8. The molecule has 2 atom stereocenters. The number of nitrogens with zero attached hydrogens (tertiary/aromatic N) is 3. The molecule has 206 valence electrons. The Labute approximate surface area is 237 Å². The lowest BCUT2D eigenvalue weighted by Gasteiger charge is -2.34. The van der Waals surface area contributed by atoms with Crippen molar-refractivity contribution in [1.82, 2.24) is 15.3 Å². The molecule has 39 heavy (non-hydrogen) atoms. The Balaban J connectivity index is 1.47. The average molecular weight is 568 g/mol. The van der Waals surface area contributed by atoms with Crippen LogP contribution in [0.25, 0.3) is 11.4 Å². The fourth-order valence-electron chi connectivity index (χ4n) is 4.62. The minimum atomic E-state index is -1.29. The van der Waals surface area contributed by atoms with E-state index in [0.29, 0.717) is 42.2 Å². The van der Waals surface area contributed by atoms with Gasteiger partial charge in [-0.3, -0.25) is 4.21 Å². The number of halogens is 1. The first-order valence-electron chi connectivity index (χ1n) is 13.3. The molecule has 1 saturated carbocycles. The minimum Gasteiger partial charge on any atom is -0.377 e. The van der Waals surface area contributed by atoms with Crippen LogP contribution in [0.4, 0.5) is 16.3 Å². The van der Waals surface area contributed by atoms with Gasteiger partial charge in [0.25, 0.3) is 0 Å². The van der Waals surface area contributed by atoms with E-state index in [-0.39, 0.29) is 12.1 Å². The van der Waals surface area contributed by atoms with Gasteiger partial charge in [-0.05, 0) is 74.2 Å². The number of anilines is 2. The van der Waals surface area contributed by atoms with Gasteiger partial charge in [0.2, 0.25) is 0 Å². The topological polar surface area (TPSA) is 96.5 Å². The zero-order chi connectivity index (χ0) is 27.6. The number of carbonyl (C=O) groups excluding carboxylic acids is 1. The summed E-state index contributed by atoms with van der Waals surface area (Å²) >= 11 is 6.08. The molecule has 1 saturated heterocycles. The largest absolute Gasteiger partial charge is 0.377 e. The number of nitrogens with one attached hydrogen (secondary N) is 2. The number of aromatic nitrogens is 2. The van der Waals surface area contributed by atoms with Crippen molar-refractivity contribution in [3.63, 3.8) is 0 Å². The molecule has 2 aliphatic rings. The van der Waals surface area contributed by atoms with Gasteiger partial charge >= 0.3 is 6.03 Å². The Morgan fingerprint density at radius 1 is 1.15 bits per heavy atom. The van der Waals surface area contributed by atoms with Crippen molar-refractivity contribution in [1.29, 1.82) is 0 Å². The molecular weight excluding hydrogens is 534 g/mol. The summed E-state index contributed by atoms with van der Waals surface area (Å²) in [5.74, 6) is 1.74. The number of rotatable bonds is 8. The number of hydrogen-bond acceptors (Lipinski definition) is 6. The minimum absolute atomic E-state index is 0.155. The molecule has 2 amide bonds. The van der Waals surface area contributed by atoms with Gasteiger partial charge in [0, 0.05) is 40.3 Å². The molecule has 2 aromatic carbocycles. The molecule has 0 radical (unpaired) electrons. The van der Waals surface area contributed by atoms with E-state index in [4.69, 9.17) is 26.3 Å². The zero-order valence-electron chi connectivity index (χ0n) is 22.4. The van der Waals surface area contributed by atoms with E-state index in [0.717, 1.165) is 41.4 Å². The normalized spacial score (nSPS) is 19.0. The molecule has 1 aromatic heterocycles. The van der Waals surface area contributed by atoms with Crippen LogP contribution >= 0.6 is 11.6 Å². The van der Waals surface area contributed by atoms with Crippen molar-refractivity contribution < 1.29 is 13.7 Å². The lowest BCUT2D eigenvalue weighted by molar-refractivity contribution is 0.0985. The molecule has 8 nitrogen and oxygen atoms in total. The molecule has 0 spiro atoms. The van der Waals surface area contributed by atoms with Crippen LogP contribution in [-0.2, 0) is 20.3 Å². The van der Waals surface area contributed by atoms with Gasteiger partial charge < -0.3 is 20.3 Å². The van der Waals surface area contributed by atoms with E-state index >= 15 is 0 Å². The van der Waals surface area contributed by atoms with E-state index in [1.807, 2.05) is 56.3 Å². The number of urea groups is 1. The summed E-state index contributed by atoms with van der Waals surface area (Å²) in [6.07, 6.45) is 1.57. The van der Waals surface area contributed by atoms with Crippen molar-refractivity contribution in [2.45, 2.75) is 49.3 Å². The maximum Gasteiger partial charge on any atom is 0.319 e. The average Bonchev–Trinajstić information content (AvgIpc) is 3.75. The second-order valence-electron chi connectivity index (χ2n) is 10.6. The summed E-state index contributed by atoms with van der Waals surface area (Å²) in [5, 5.41) is 6.34. The third-order valence-electron chi connectivity index (χ3n) is 7.00. The Bertz CT molecular complexity index is 1350. The molecule has 1 aliphatic heterocycles. The number of morpholine rings is 1. The third-order valence-corrected chi connectivity index (χ3v) is 9.28. The summed E-state index contributed by atoms with van der Waals surface area (Å²) in [5.41, 5.74) is 2.28. The Hall–Kier alpha value is -3.01. The van der Waals surface area contributed by atoms with Crippen molar-refractivity contribution in [3.8, 4) is 11.4 Å². The molecule has 2 fully saturated rings. The molecule has 2 N–H and O–H groups in total. The van der Waals surface area contributed by atoms with Crippen LogP contribution in [0.2, 0.25) is 5.02 Å². The summed E-state index contributed by atoms with van der Waals surface area (Å²) in [6.45, 7) is 8.78. The standard InChI is InChI=1S/C29H34ClN5O3S/c1-19(2)17-31-28(36)32-23-8-4-21(5-9-23)27-33-25(16-26(34-27)35-14-15-38-18-20(35)3)29(12-13-29)39(37)24-10-6-22(30)7-11-24/h4-11,16,19-20H,12-15,17-18H2,1-3H3,(H2,31,32,36)/t20-,39?/m0/s1. The monoisotopic (exact) mass is 567 g/mol. The van der Waals surface area contributed by atoms with Gasteiger partial charge in [0.15, 0.2) is 5.82 Å². The highest BCUT2D eigenvalue weighted by Gasteiger charge is 2.52. The summed E-state index contributed by atoms with van der Waals surface area (Å²) in [6, 6.07) is 16.6. The smallest absolute Gasteiger partial charge is 0.319 e. The summed E-state index contributed by atoms with van der Waals surface area (Å²) in [7, 11) is -1.29. The van der Waals surface area contributed by atoms with Gasteiger partial charge in [-0.15, -0.1) is 0 Å². The Kier molecular flexibility index (Phi) is 8.21. The van der Waals surface area contributed by atoms with E-state index in [2.05, 4.69) is 22.5 Å². The first-order chi connectivity index (χ1) is 18.7. The molecule has 1 aliphatic carbocycles. The number of amides is 2. The van der Waals surface area contributed by atoms with E-state index in [1.165, 1.54) is 0 Å².